The van der Waals surface area contributed by atoms with Crippen molar-refractivity contribution in [2.45, 2.75) is 18.9 Å². The second-order valence-electron chi connectivity index (χ2n) is 4.58. The minimum absolute atomic E-state index is 0.0852. The fraction of sp³-hybridized carbons (Fsp3) is 0.636. The van der Waals surface area contributed by atoms with E-state index in [0.29, 0.717) is 13.1 Å². The van der Waals surface area contributed by atoms with E-state index >= 15 is 0 Å². The van der Waals surface area contributed by atoms with Crippen LogP contribution in [0.25, 0.3) is 0 Å². The average Bonchev–Trinajstić information content (AvgIpc) is 2.36. The first-order chi connectivity index (χ1) is 9.31. The molecule has 1 unspecified atom stereocenters. The largest absolute Gasteiger partial charge is 0.480 e. The quantitative estimate of drug-likeness (QED) is 0.547. The second kappa shape index (κ2) is 6.73. The monoisotopic (exact) mass is 286 g/mol. The van der Waals surface area contributed by atoms with E-state index in [9.17, 15) is 19.2 Å². The van der Waals surface area contributed by atoms with Crippen LogP contribution in [0.2, 0.25) is 0 Å². The van der Waals surface area contributed by atoms with Crippen LogP contribution in [0.15, 0.2) is 0 Å². The summed E-state index contributed by atoms with van der Waals surface area (Å²) in [6, 6.07) is -1.84. The maximum Gasteiger partial charge on any atom is 0.326 e. The van der Waals surface area contributed by atoms with E-state index in [-0.39, 0.29) is 25.3 Å². The van der Waals surface area contributed by atoms with Crippen molar-refractivity contribution in [1.29, 1.82) is 0 Å². The Bertz CT molecular complexity index is 425. The lowest BCUT2D eigenvalue weighted by atomic mass is 10.1. The van der Waals surface area contributed by atoms with Crippen LogP contribution in [0, 0.1) is 0 Å². The van der Waals surface area contributed by atoms with Crippen molar-refractivity contribution in [2.75, 3.05) is 26.7 Å². The van der Waals surface area contributed by atoms with Crippen LogP contribution in [-0.2, 0) is 14.4 Å². The molecule has 4 N–H and O–H groups in total. The zero-order chi connectivity index (χ0) is 15.3. The molecule has 0 spiro atoms. The third kappa shape index (κ3) is 4.41. The predicted molar refractivity (Wildman–Crippen MR) is 67.6 cm³/mol. The Morgan fingerprint density at radius 2 is 2.05 bits per heavy atom. The molecule has 9 nitrogen and oxygen atoms in total. The summed E-state index contributed by atoms with van der Waals surface area (Å²) >= 11 is 0. The van der Waals surface area contributed by atoms with E-state index in [2.05, 4.69) is 5.32 Å². The number of urea groups is 1. The molecule has 0 aromatic heterocycles. The van der Waals surface area contributed by atoms with Crippen LogP contribution in [0.5, 0.6) is 0 Å². The van der Waals surface area contributed by atoms with Crippen molar-refractivity contribution in [3.05, 3.63) is 0 Å². The topological polar surface area (TPSA) is 133 Å². The Hall–Kier alpha value is -2.32. The Morgan fingerprint density at radius 3 is 2.55 bits per heavy atom. The third-order valence-electron chi connectivity index (χ3n) is 3.02. The number of amides is 4. The third-order valence-corrected chi connectivity index (χ3v) is 3.02. The van der Waals surface area contributed by atoms with Gasteiger partial charge in [-0.15, -0.1) is 0 Å². The van der Waals surface area contributed by atoms with Gasteiger partial charge in [0.25, 0.3) is 0 Å². The van der Waals surface area contributed by atoms with E-state index in [1.807, 2.05) is 0 Å². The molecule has 0 aliphatic carbocycles. The summed E-state index contributed by atoms with van der Waals surface area (Å²) in [4.78, 5) is 47.7. The standard InChI is InChI=1S/C11H18N4O5/c1-14-4-5-15(6-9(14)17)11(20)13-7(10(18)19)2-3-8(12)16/h7H,2-6H2,1H3,(H2,12,16)(H,13,20)(H,18,19). The van der Waals surface area contributed by atoms with Gasteiger partial charge in [0, 0.05) is 26.6 Å². The molecule has 0 aromatic carbocycles. The van der Waals surface area contributed by atoms with Gasteiger partial charge in [-0.25, -0.2) is 9.59 Å². The normalized spacial score (nSPS) is 16.8. The fourth-order valence-electron chi connectivity index (χ4n) is 1.72. The Balaban J connectivity index is 2.55. The smallest absolute Gasteiger partial charge is 0.326 e. The number of rotatable bonds is 5. The maximum absolute atomic E-state index is 11.9. The highest BCUT2D eigenvalue weighted by Crippen LogP contribution is 2.04. The second-order valence-corrected chi connectivity index (χ2v) is 4.58. The summed E-state index contributed by atoms with van der Waals surface area (Å²) in [5, 5.41) is 11.3. The lowest BCUT2D eigenvalue weighted by molar-refractivity contribution is -0.139. The Labute approximate surface area is 115 Å². The number of nitrogens with two attached hydrogens (primary N) is 1. The van der Waals surface area contributed by atoms with Crippen LogP contribution in [0.4, 0.5) is 4.79 Å². The minimum Gasteiger partial charge on any atom is -0.480 e. The van der Waals surface area contributed by atoms with Gasteiger partial charge in [-0.2, -0.15) is 0 Å². The zero-order valence-corrected chi connectivity index (χ0v) is 11.2. The number of aliphatic carboxylic acids is 1. The number of likely N-dealkylation sites (N-methyl/N-ethyl adjacent to an activating group) is 1. The molecule has 1 saturated heterocycles. The molecule has 1 heterocycles. The molecule has 1 atom stereocenters. The number of hydrogen-bond acceptors (Lipinski definition) is 4. The molecule has 0 radical (unpaired) electrons. The number of piperazine rings is 1. The summed E-state index contributed by atoms with van der Waals surface area (Å²) in [5.41, 5.74) is 4.94. The average molecular weight is 286 g/mol. The van der Waals surface area contributed by atoms with Crippen LogP contribution in [-0.4, -0.2) is 71.4 Å². The fourth-order valence-corrected chi connectivity index (χ4v) is 1.72. The molecular formula is C11H18N4O5. The first kappa shape index (κ1) is 15.7. The van der Waals surface area contributed by atoms with Gasteiger partial charge in [0.1, 0.15) is 12.6 Å². The molecule has 1 aliphatic heterocycles. The van der Waals surface area contributed by atoms with Gasteiger partial charge in [0.05, 0.1) is 0 Å². The van der Waals surface area contributed by atoms with Crippen molar-refractivity contribution in [3.63, 3.8) is 0 Å². The SMILES string of the molecule is CN1CCN(C(=O)NC(CCC(N)=O)C(=O)O)CC1=O. The van der Waals surface area contributed by atoms with E-state index in [4.69, 9.17) is 10.8 Å². The summed E-state index contributed by atoms with van der Waals surface area (Å²) in [5.74, 6) is -2.10. The molecule has 4 amide bonds. The van der Waals surface area contributed by atoms with Crippen molar-refractivity contribution in [1.82, 2.24) is 15.1 Å². The van der Waals surface area contributed by atoms with Gasteiger partial charge in [-0.05, 0) is 6.42 Å². The maximum atomic E-state index is 11.9. The Kier molecular flexibility index (Phi) is 5.30. The molecule has 1 rings (SSSR count). The first-order valence-electron chi connectivity index (χ1n) is 6.11. The van der Waals surface area contributed by atoms with Gasteiger partial charge in [-0.3, -0.25) is 9.59 Å². The minimum atomic E-state index is -1.25. The van der Waals surface area contributed by atoms with Crippen molar-refractivity contribution >= 4 is 23.8 Å². The molecule has 9 heteroatoms. The molecule has 0 saturated carbocycles. The summed E-state index contributed by atoms with van der Waals surface area (Å²) in [6.07, 6.45) is -0.225. The van der Waals surface area contributed by atoms with E-state index in [1.165, 1.54) is 9.80 Å². The number of carbonyl (C=O) groups is 4. The molecular weight excluding hydrogens is 268 g/mol. The molecule has 0 aromatic rings. The molecule has 20 heavy (non-hydrogen) atoms. The first-order valence-corrected chi connectivity index (χ1v) is 6.11. The summed E-state index contributed by atoms with van der Waals surface area (Å²) in [6.45, 7) is 0.631. The summed E-state index contributed by atoms with van der Waals surface area (Å²) in [7, 11) is 1.63. The van der Waals surface area contributed by atoms with E-state index < -0.39 is 23.9 Å². The number of carbonyl (C=O) groups excluding carboxylic acids is 3. The number of hydrogen-bond donors (Lipinski definition) is 3. The Morgan fingerprint density at radius 1 is 1.40 bits per heavy atom. The lowest BCUT2D eigenvalue weighted by Gasteiger charge is -2.32. The van der Waals surface area contributed by atoms with Gasteiger partial charge in [-0.1, -0.05) is 0 Å². The number of carboxylic acid groups (broad SMARTS) is 1. The van der Waals surface area contributed by atoms with Crippen molar-refractivity contribution in [2.24, 2.45) is 5.73 Å². The lowest BCUT2D eigenvalue weighted by Crippen LogP contribution is -2.56. The van der Waals surface area contributed by atoms with Gasteiger partial charge in [0.15, 0.2) is 0 Å². The van der Waals surface area contributed by atoms with Crippen LogP contribution in [0.3, 0.4) is 0 Å². The van der Waals surface area contributed by atoms with Gasteiger partial charge >= 0.3 is 12.0 Å². The molecule has 0 bridgehead atoms. The number of nitrogens with zero attached hydrogens (tertiary/aromatic N) is 2. The van der Waals surface area contributed by atoms with E-state index in [0.717, 1.165) is 0 Å². The molecule has 112 valence electrons. The summed E-state index contributed by atoms with van der Waals surface area (Å²) < 4.78 is 0. The number of nitrogens with one attached hydrogen (secondary N) is 1. The van der Waals surface area contributed by atoms with Crippen molar-refractivity contribution < 1.29 is 24.3 Å². The molecule has 1 aliphatic rings. The molecule has 1 fully saturated rings. The van der Waals surface area contributed by atoms with Crippen LogP contribution < -0.4 is 11.1 Å². The number of primary amides is 1. The van der Waals surface area contributed by atoms with Crippen LogP contribution in [0.1, 0.15) is 12.8 Å². The highest BCUT2D eigenvalue weighted by atomic mass is 16.4. The predicted octanol–water partition coefficient (Wildman–Crippen LogP) is -1.81. The zero-order valence-electron chi connectivity index (χ0n) is 11.2. The van der Waals surface area contributed by atoms with Crippen LogP contribution >= 0.6 is 0 Å². The highest BCUT2D eigenvalue weighted by molar-refractivity contribution is 5.87. The number of carboxylic acids is 1. The van der Waals surface area contributed by atoms with E-state index in [1.54, 1.807) is 7.05 Å². The van der Waals surface area contributed by atoms with Crippen molar-refractivity contribution in [3.8, 4) is 0 Å². The van der Waals surface area contributed by atoms with Gasteiger partial charge in [0.2, 0.25) is 11.8 Å². The van der Waals surface area contributed by atoms with Gasteiger partial charge < -0.3 is 26.0 Å². The highest BCUT2D eigenvalue weighted by Gasteiger charge is 2.28.